The van der Waals surface area contributed by atoms with Crippen molar-refractivity contribution in [1.82, 2.24) is 0 Å². The molecule has 24 heavy (non-hydrogen) atoms. The zero-order chi connectivity index (χ0) is 17.4. The summed E-state index contributed by atoms with van der Waals surface area (Å²) in [5.41, 5.74) is 2.48. The van der Waals surface area contributed by atoms with E-state index in [2.05, 4.69) is 11.2 Å². The molecule has 0 unspecified atom stereocenters. The van der Waals surface area contributed by atoms with E-state index in [0.717, 1.165) is 11.1 Å². The van der Waals surface area contributed by atoms with E-state index < -0.39 is 5.91 Å². The lowest BCUT2D eigenvalue weighted by Gasteiger charge is -2.05. The highest BCUT2D eigenvalue weighted by molar-refractivity contribution is 6.09. The van der Waals surface area contributed by atoms with E-state index in [4.69, 9.17) is 11.2 Å². The second kappa shape index (κ2) is 8.22. The van der Waals surface area contributed by atoms with Crippen molar-refractivity contribution in [3.63, 3.8) is 0 Å². The summed E-state index contributed by atoms with van der Waals surface area (Å²) in [6, 6.07) is 16.3. The Morgan fingerprint density at radius 3 is 2.46 bits per heavy atom. The molecule has 0 spiro atoms. The van der Waals surface area contributed by atoms with E-state index in [-0.39, 0.29) is 12.2 Å². The first-order chi connectivity index (χ1) is 11.6. The predicted molar refractivity (Wildman–Crippen MR) is 94.2 cm³/mol. The number of carbonyl (C=O) groups excluding carboxylic acids is 1. The first kappa shape index (κ1) is 16.9. The highest BCUT2D eigenvalue weighted by Gasteiger charge is 2.09. The molecule has 4 heteroatoms. The number of anilines is 1. The average molecular weight is 316 g/mol. The van der Waals surface area contributed by atoms with Crippen LogP contribution in [0.3, 0.4) is 0 Å². The summed E-state index contributed by atoms with van der Waals surface area (Å²) in [7, 11) is 0. The summed E-state index contributed by atoms with van der Waals surface area (Å²) in [5, 5.41) is 11.9. The molecule has 0 aromatic heterocycles. The molecule has 0 saturated carbocycles. The SMILES string of the molecule is C#CCOc1ccc(/C=C(/C#N)C(=O)Nc2ccc(C)cc2)cc1. The van der Waals surface area contributed by atoms with Gasteiger partial charge < -0.3 is 10.1 Å². The monoisotopic (exact) mass is 316 g/mol. The zero-order valence-electron chi connectivity index (χ0n) is 13.2. The van der Waals surface area contributed by atoms with Crippen LogP contribution in [0.25, 0.3) is 6.08 Å². The molecule has 0 aliphatic rings. The molecule has 0 aliphatic heterocycles. The molecule has 0 atom stereocenters. The van der Waals surface area contributed by atoms with Crippen LogP contribution in [0, 0.1) is 30.6 Å². The van der Waals surface area contributed by atoms with Crippen LogP contribution in [0.2, 0.25) is 0 Å². The molecule has 0 bridgehead atoms. The van der Waals surface area contributed by atoms with Crippen molar-refractivity contribution < 1.29 is 9.53 Å². The molecule has 0 radical (unpaired) electrons. The molecule has 1 N–H and O–H groups in total. The van der Waals surface area contributed by atoms with Crippen molar-refractivity contribution in [3.8, 4) is 24.2 Å². The molecule has 2 rings (SSSR count). The maximum Gasteiger partial charge on any atom is 0.266 e. The second-order valence-electron chi connectivity index (χ2n) is 5.05. The largest absolute Gasteiger partial charge is 0.481 e. The molecule has 0 heterocycles. The number of nitriles is 1. The van der Waals surface area contributed by atoms with Crippen molar-refractivity contribution in [3.05, 3.63) is 65.2 Å². The van der Waals surface area contributed by atoms with Gasteiger partial charge in [0, 0.05) is 5.69 Å². The van der Waals surface area contributed by atoms with Gasteiger partial charge in [0.2, 0.25) is 0 Å². The molecular weight excluding hydrogens is 300 g/mol. The van der Waals surface area contributed by atoms with Crippen LogP contribution in [0.4, 0.5) is 5.69 Å². The molecular formula is C20H16N2O2. The zero-order valence-corrected chi connectivity index (χ0v) is 13.2. The molecule has 0 saturated heterocycles. The average Bonchev–Trinajstić information content (AvgIpc) is 2.60. The Morgan fingerprint density at radius 1 is 1.21 bits per heavy atom. The second-order valence-corrected chi connectivity index (χ2v) is 5.05. The summed E-state index contributed by atoms with van der Waals surface area (Å²) in [6.07, 6.45) is 6.65. The van der Waals surface area contributed by atoms with Crippen molar-refractivity contribution in [2.24, 2.45) is 0 Å². The molecule has 2 aromatic carbocycles. The minimum atomic E-state index is -0.450. The number of terminal acetylenes is 1. The fraction of sp³-hybridized carbons (Fsp3) is 0.100. The minimum absolute atomic E-state index is 0.0212. The number of hydrogen-bond acceptors (Lipinski definition) is 3. The van der Waals surface area contributed by atoms with E-state index in [1.54, 1.807) is 36.4 Å². The van der Waals surface area contributed by atoms with E-state index in [0.29, 0.717) is 11.4 Å². The van der Waals surface area contributed by atoms with Crippen molar-refractivity contribution in [2.75, 3.05) is 11.9 Å². The third-order valence-corrected chi connectivity index (χ3v) is 3.19. The third-order valence-electron chi connectivity index (χ3n) is 3.19. The van der Waals surface area contributed by atoms with Crippen LogP contribution in [0.5, 0.6) is 5.75 Å². The molecule has 2 aromatic rings. The third kappa shape index (κ3) is 4.76. The summed E-state index contributed by atoms with van der Waals surface area (Å²) in [5.74, 6) is 2.57. The van der Waals surface area contributed by atoms with Gasteiger partial charge in [-0.3, -0.25) is 4.79 Å². The van der Waals surface area contributed by atoms with Crippen molar-refractivity contribution >= 4 is 17.7 Å². The van der Waals surface area contributed by atoms with Gasteiger partial charge in [0.1, 0.15) is 24.0 Å². The van der Waals surface area contributed by atoms with E-state index in [1.807, 2.05) is 25.1 Å². The summed E-state index contributed by atoms with van der Waals surface area (Å²) < 4.78 is 5.28. The molecule has 0 aliphatic carbocycles. The van der Waals surface area contributed by atoms with Crippen LogP contribution in [0.15, 0.2) is 54.1 Å². The normalized spacial score (nSPS) is 10.4. The van der Waals surface area contributed by atoms with Gasteiger partial charge in [0.05, 0.1) is 0 Å². The van der Waals surface area contributed by atoms with Gasteiger partial charge in [-0.2, -0.15) is 5.26 Å². The lowest BCUT2D eigenvalue weighted by atomic mass is 10.1. The van der Waals surface area contributed by atoms with Crippen LogP contribution in [-0.4, -0.2) is 12.5 Å². The Morgan fingerprint density at radius 2 is 1.88 bits per heavy atom. The fourth-order valence-corrected chi connectivity index (χ4v) is 1.94. The van der Waals surface area contributed by atoms with Crippen LogP contribution >= 0.6 is 0 Å². The standard InChI is InChI=1S/C20H16N2O2/c1-3-12-24-19-10-6-16(7-11-19)13-17(14-21)20(23)22-18-8-4-15(2)5-9-18/h1,4-11,13H,12H2,2H3,(H,22,23)/b17-13-. The highest BCUT2D eigenvalue weighted by atomic mass is 16.5. The first-order valence-corrected chi connectivity index (χ1v) is 7.28. The number of nitrogens with one attached hydrogen (secondary N) is 1. The Hall–Kier alpha value is -3.50. The van der Waals surface area contributed by atoms with Gasteiger partial charge in [-0.05, 0) is 42.8 Å². The number of aryl methyl sites for hydroxylation is 1. The molecule has 118 valence electrons. The Kier molecular flexibility index (Phi) is 5.77. The lowest BCUT2D eigenvalue weighted by molar-refractivity contribution is -0.112. The van der Waals surface area contributed by atoms with E-state index in [9.17, 15) is 10.1 Å². The van der Waals surface area contributed by atoms with Crippen molar-refractivity contribution in [2.45, 2.75) is 6.92 Å². The minimum Gasteiger partial charge on any atom is -0.481 e. The van der Waals surface area contributed by atoms with Gasteiger partial charge in [-0.15, -0.1) is 6.42 Å². The van der Waals surface area contributed by atoms with Crippen LogP contribution < -0.4 is 10.1 Å². The van der Waals surface area contributed by atoms with Gasteiger partial charge >= 0.3 is 0 Å². The van der Waals surface area contributed by atoms with E-state index in [1.165, 1.54) is 6.08 Å². The smallest absolute Gasteiger partial charge is 0.266 e. The van der Waals surface area contributed by atoms with Crippen LogP contribution in [-0.2, 0) is 4.79 Å². The van der Waals surface area contributed by atoms with Crippen molar-refractivity contribution in [1.29, 1.82) is 5.26 Å². The van der Waals surface area contributed by atoms with Gasteiger partial charge in [-0.25, -0.2) is 0 Å². The molecule has 4 nitrogen and oxygen atoms in total. The lowest BCUT2D eigenvalue weighted by Crippen LogP contribution is -2.13. The van der Waals surface area contributed by atoms with Gasteiger partial charge in [0.25, 0.3) is 5.91 Å². The molecule has 0 fully saturated rings. The number of hydrogen-bond donors (Lipinski definition) is 1. The topological polar surface area (TPSA) is 62.1 Å². The predicted octanol–water partition coefficient (Wildman–Crippen LogP) is 3.55. The number of carbonyl (C=O) groups is 1. The summed E-state index contributed by atoms with van der Waals surface area (Å²) in [6.45, 7) is 2.15. The number of amides is 1. The Labute approximate surface area is 141 Å². The number of ether oxygens (including phenoxy) is 1. The number of nitrogens with zero attached hydrogens (tertiary/aromatic N) is 1. The number of benzene rings is 2. The van der Waals surface area contributed by atoms with Gasteiger partial charge in [0.15, 0.2) is 0 Å². The van der Waals surface area contributed by atoms with Gasteiger partial charge in [-0.1, -0.05) is 35.7 Å². The quantitative estimate of drug-likeness (QED) is 0.521. The van der Waals surface area contributed by atoms with Crippen LogP contribution in [0.1, 0.15) is 11.1 Å². The molecule has 1 amide bonds. The maximum absolute atomic E-state index is 12.2. The fourth-order valence-electron chi connectivity index (χ4n) is 1.94. The van der Waals surface area contributed by atoms with E-state index >= 15 is 0 Å². The number of rotatable bonds is 5. The first-order valence-electron chi connectivity index (χ1n) is 7.28. The maximum atomic E-state index is 12.2. The summed E-state index contributed by atoms with van der Waals surface area (Å²) in [4.78, 5) is 12.2. The Bertz CT molecular complexity index is 820. The summed E-state index contributed by atoms with van der Waals surface area (Å²) >= 11 is 0. The highest BCUT2D eigenvalue weighted by Crippen LogP contribution is 2.16. The Balaban J connectivity index is 2.10.